The number of halogens is 3. The number of aromatic nitrogens is 1. The average molecular weight is 411 g/mol. The Kier molecular flexibility index (Phi) is 4.06. The third-order valence-corrected chi connectivity index (χ3v) is 4.49. The summed E-state index contributed by atoms with van der Waals surface area (Å²) >= 11 is 6.53. The second-order valence-electron chi connectivity index (χ2n) is 4.59. The normalized spacial score (nSPS) is 12.6. The second kappa shape index (κ2) is 5.83. The van der Waals surface area contributed by atoms with E-state index in [0.717, 1.165) is 10.9 Å². The number of fused-ring (bicyclic) bond motifs is 1. The molecule has 1 aromatic heterocycles. The minimum atomic E-state index is -1.14. The van der Waals surface area contributed by atoms with E-state index in [4.69, 9.17) is 0 Å². The number of aliphatic hydroxyl groups is 1. The van der Waals surface area contributed by atoms with Crippen LogP contribution in [-0.4, -0.2) is 10.1 Å². The summed E-state index contributed by atoms with van der Waals surface area (Å²) in [6.07, 6.45) is -1.14. The summed E-state index contributed by atoms with van der Waals surface area (Å²) in [5.41, 5.74) is 1.34. The molecule has 1 N–H and O–H groups in total. The minimum Gasteiger partial charge on any atom is -0.382 e. The Labute approximate surface area is 137 Å². The lowest BCUT2D eigenvalue weighted by molar-refractivity contribution is 0.209. The monoisotopic (exact) mass is 409 g/mol. The van der Waals surface area contributed by atoms with Crippen LogP contribution in [0.1, 0.15) is 17.4 Å². The molecule has 0 saturated heterocycles. The van der Waals surface area contributed by atoms with Crippen LogP contribution in [0.4, 0.5) is 4.39 Å². The highest BCUT2D eigenvalue weighted by Gasteiger charge is 2.20. The molecule has 3 aromatic rings. The highest BCUT2D eigenvalue weighted by atomic mass is 79.9. The second-order valence-corrected chi connectivity index (χ2v) is 6.30. The first-order valence-corrected chi connectivity index (χ1v) is 7.83. The third kappa shape index (κ3) is 2.73. The van der Waals surface area contributed by atoms with Gasteiger partial charge in [-0.25, -0.2) is 9.37 Å². The van der Waals surface area contributed by atoms with Crippen molar-refractivity contribution in [3.63, 3.8) is 0 Å². The van der Waals surface area contributed by atoms with Crippen LogP contribution in [0.5, 0.6) is 0 Å². The molecule has 106 valence electrons. The topological polar surface area (TPSA) is 33.1 Å². The molecule has 0 spiro atoms. The summed E-state index contributed by atoms with van der Waals surface area (Å²) in [5.74, 6) is -0.480. The predicted molar refractivity (Wildman–Crippen MR) is 87.6 cm³/mol. The van der Waals surface area contributed by atoms with Gasteiger partial charge in [0.2, 0.25) is 0 Å². The third-order valence-electron chi connectivity index (χ3n) is 3.24. The number of hydrogen-bond acceptors (Lipinski definition) is 2. The standard InChI is InChI=1S/C16H10Br2FNO/c17-11-6-3-5-10(14(11)19)16(21)15-12(18)8-9-4-1-2-7-13(9)20-15/h1-8,16,21H. The summed E-state index contributed by atoms with van der Waals surface area (Å²) in [6, 6.07) is 14.3. The highest BCUT2D eigenvalue weighted by molar-refractivity contribution is 9.10. The highest BCUT2D eigenvalue weighted by Crippen LogP contribution is 2.32. The van der Waals surface area contributed by atoms with E-state index in [9.17, 15) is 9.50 Å². The van der Waals surface area contributed by atoms with Crippen LogP contribution in [0.15, 0.2) is 57.5 Å². The van der Waals surface area contributed by atoms with E-state index < -0.39 is 11.9 Å². The summed E-state index contributed by atoms with van der Waals surface area (Å²) < 4.78 is 15.1. The number of pyridine rings is 1. The molecule has 1 atom stereocenters. The van der Waals surface area contributed by atoms with Gasteiger partial charge in [-0.15, -0.1) is 0 Å². The number of benzene rings is 2. The molecule has 1 heterocycles. The number of hydrogen-bond donors (Lipinski definition) is 1. The molecule has 0 radical (unpaired) electrons. The molecule has 0 aliphatic carbocycles. The maximum Gasteiger partial charge on any atom is 0.143 e. The maximum absolute atomic E-state index is 14.1. The van der Waals surface area contributed by atoms with E-state index >= 15 is 0 Å². The molecule has 0 saturated carbocycles. The number of rotatable bonds is 2. The van der Waals surface area contributed by atoms with Gasteiger partial charge in [-0.1, -0.05) is 30.3 Å². The van der Waals surface area contributed by atoms with Gasteiger partial charge in [-0.2, -0.15) is 0 Å². The average Bonchev–Trinajstić information content (AvgIpc) is 2.48. The van der Waals surface area contributed by atoms with Crippen molar-refractivity contribution in [1.29, 1.82) is 0 Å². The first kappa shape index (κ1) is 14.6. The van der Waals surface area contributed by atoms with Crippen molar-refractivity contribution in [1.82, 2.24) is 4.98 Å². The lowest BCUT2D eigenvalue weighted by Gasteiger charge is -2.14. The fraction of sp³-hybridized carbons (Fsp3) is 0.0625. The Hall–Kier alpha value is -1.30. The van der Waals surface area contributed by atoms with Gasteiger partial charge in [-0.3, -0.25) is 0 Å². The van der Waals surface area contributed by atoms with E-state index in [1.807, 2.05) is 30.3 Å². The van der Waals surface area contributed by atoms with Crippen molar-refractivity contribution < 1.29 is 9.50 Å². The summed E-state index contributed by atoms with van der Waals surface area (Å²) in [4.78, 5) is 4.44. The van der Waals surface area contributed by atoms with Gasteiger partial charge in [0.15, 0.2) is 0 Å². The van der Waals surface area contributed by atoms with Gasteiger partial charge >= 0.3 is 0 Å². The zero-order chi connectivity index (χ0) is 15.0. The molecule has 21 heavy (non-hydrogen) atoms. The number of para-hydroxylation sites is 1. The van der Waals surface area contributed by atoms with Crippen molar-refractivity contribution in [2.24, 2.45) is 0 Å². The largest absolute Gasteiger partial charge is 0.382 e. The van der Waals surface area contributed by atoms with Crippen LogP contribution in [0.25, 0.3) is 10.9 Å². The van der Waals surface area contributed by atoms with Gasteiger partial charge in [0, 0.05) is 15.4 Å². The van der Waals surface area contributed by atoms with Crippen LogP contribution in [-0.2, 0) is 0 Å². The molecular weight excluding hydrogens is 401 g/mol. The SMILES string of the molecule is OC(c1cccc(Br)c1F)c1nc2ccccc2cc1Br. The fourth-order valence-corrected chi connectivity index (χ4v) is 3.11. The molecule has 0 bridgehead atoms. The summed E-state index contributed by atoms with van der Waals surface area (Å²) in [7, 11) is 0. The molecule has 2 aromatic carbocycles. The zero-order valence-electron chi connectivity index (χ0n) is 10.7. The van der Waals surface area contributed by atoms with Crippen LogP contribution < -0.4 is 0 Å². The molecule has 2 nitrogen and oxygen atoms in total. The van der Waals surface area contributed by atoms with E-state index in [-0.39, 0.29) is 5.56 Å². The van der Waals surface area contributed by atoms with Gasteiger partial charge < -0.3 is 5.11 Å². The van der Waals surface area contributed by atoms with Crippen molar-refractivity contribution in [2.75, 3.05) is 0 Å². The van der Waals surface area contributed by atoms with Gasteiger partial charge in [0.05, 0.1) is 15.7 Å². The molecule has 0 amide bonds. The zero-order valence-corrected chi connectivity index (χ0v) is 13.9. The van der Waals surface area contributed by atoms with Gasteiger partial charge in [0.25, 0.3) is 0 Å². The first-order valence-electron chi connectivity index (χ1n) is 6.25. The van der Waals surface area contributed by atoms with Gasteiger partial charge in [0.1, 0.15) is 11.9 Å². The lowest BCUT2D eigenvalue weighted by Crippen LogP contribution is -2.06. The summed E-state index contributed by atoms with van der Waals surface area (Å²) in [6.45, 7) is 0. The number of aliphatic hydroxyl groups excluding tert-OH is 1. The Bertz CT molecular complexity index is 822. The van der Waals surface area contributed by atoms with Crippen molar-refractivity contribution in [2.45, 2.75) is 6.10 Å². The van der Waals surface area contributed by atoms with Crippen LogP contribution in [0.3, 0.4) is 0 Å². The molecule has 0 aliphatic heterocycles. The lowest BCUT2D eigenvalue weighted by atomic mass is 10.0. The van der Waals surface area contributed by atoms with E-state index in [1.54, 1.807) is 18.2 Å². The first-order chi connectivity index (χ1) is 10.1. The van der Waals surface area contributed by atoms with Crippen molar-refractivity contribution in [3.8, 4) is 0 Å². The Morgan fingerprint density at radius 2 is 1.76 bits per heavy atom. The molecule has 0 aliphatic rings. The maximum atomic E-state index is 14.1. The molecule has 1 unspecified atom stereocenters. The van der Waals surface area contributed by atoms with E-state index in [0.29, 0.717) is 14.6 Å². The smallest absolute Gasteiger partial charge is 0.143 e. The Morgan fingerprint density at radius 3 is 2.57 bits per heavy atom. The van der Waals surface area contributed by atoms with Crippen LogP contribution in [0.2, 0.25) is 0 Å². The molecule has 3 rings (SSSR count). The van der Waals surface area contributed by atoms with E-state index in [1.165, 1.54) is 0 Å². The molecule has 5 heteroatoms. The Balaban J connectivity index is 2.15. The Morgan fingerprint density at radius 1 is 1.00 bits per heavy atom. The van der Waals surface area contributed by atoms with Crippen molar-refractivity contribution >= 4 is 42.8 Å². The van der Waals surface area contributed by atoms with Gasteiger partial charge in [-0.05, 0) is 50.1 Å². The fourth-order valence-electron chi connectivity index (χ4n) is 2.18. The molecular formula is C16H10Br2FNO. The number of nitrogens with zero attached hydrogens (tertiary/aromatic N) is 1. The summed E-state index contributed by atoms with van der Waals surface area (Å²) in [5, 5.41) is 11.4. The minimum absolute atomic E-state index is 0.188. The van der Waals surface area contributed by atoms with Crippen LogP contribution in [0, 0.1) is 5.82 Å². The predicted octanol–water partition coefficient (Wildman–Crippen LogP) is 4.98. The van der Waals surface area contributed by atoms with Crippen LogP contribution >= 0.6 is 31.9 Å². The quantitative estimate of drug-likeness (QED) is 0.646. The van der Waals surface area contributed by atoms with E-state index in [2.05, 4.69) is 36.8 Å². The van der Waals surface area contributed by atoms with Crippen molar-refractivity contribution in [3.05, 3.63) is 74.6 Å². The molecule has 0 fully saturated rings.